The lowest BCUT2D eigenvalue weighted by atomic mass is 9.89. The number of methoxy groups -OCH3 is 2. The molecule has 4 nitrogen and oxygen atoms in total. The molecule has 0 aliphatic heterocycles. The second-order valence-corrected chi connectivity index (χ2v) is 4.35. The molecule has 0 radical (unpaired) electrons. The van der Waals surface area contributed by atoms with Crippen LogP contribution in [-0.4, -0.2) is 32.3 Å². The second-order valence-electron chi connectivity index (χ2n) is 4.35. The van der Waals surface area contributed by atoms with E-state index in [2.05, 4.69) is 5.32 Å². The first kappa shape index (κ1) is 12.8. The van der Waals surface area contributed by atoms with Crippen molar-refractivity contribution in [1.82, 2.24) is 5.32 Å². The van der Waals surface area contributed by atoms with Crippen LogP contribution in [0.4, 0.5) is 4.39 Å². The highest BCUT2D eigenvalue weighted by Crippen LogP contribution is 2.23. The van der Waals surface area contributed by atoms with Crippen molar-refractivity contribution >= 4 is 5.91 Å². The summed E-state index contributed by atoms with van der Waals surface area (Å²) in [6, 6.07) is 4.17. The van der Waals surface area contributed by atoms with Crippen molar-refractivity contribution in [2.24, 2.45) is 0 Å². The van der Waals surface area contributed by atoms with Gasteiger partial charge in [0.1, 0.15) is 11.6 Å². The highest BCUT2D eigenvalue weighted by molar-refractivity contribution is 5.95. The number of rotatable bonds is 4. The summed E-state index contributed by atoms with van der Waals surface area (Å²) in [5.41, 5.74) is 0.00946. The van der Waals surface area contributed by atoms with Crippen molar-refractivity contribution in [1.29, 1.82) is 0 Å². The molecule has 98 valence electrons. The highest BCUT2D eigenvalue weighted by atomic mass is 19.1. The van der Waals surface area contributed by atoms with Gasteiger partial charge in [0.25, 0.3) is 5.91 Å². The van der Waals surface area contributed by atoms with Crippen LogP contribution >= 0.6 is 0 Å². The summed E-state index contributed by atoms with van der Waals surface area (Å²) in [6.45, 7) is 0. The standard InChI is InChI=1S/C13H16FNO3/c1-17-9-3-4-12(14)11(7-9)13(16)15-8-5-10(6-8)18-2/h3-4,7-8,10H,5-6H2,1-2H3,(H,15,16). The maximum absolute atomic E-state index is 13.5. The minimum atomic E-state index is -0.545. The van der Waals surface area contributed by atoms with Gasteiger partial charge in [0.15, 0.2) is 0 Å². The van der Waals surface area contributed by atoms with Gasteiger partial charge in [0.2, 0.25) is 0 Å². The molecule has 0 spiro atoms. The van der Waals surface area contributed by atoms with E-state index in [1.165, 1.54) is 25.3 Å². The molecule has 1 aliphatic rings. The van der Waals surface area contributed by atoms with Crippen molar-refractivity contribution in [3.63, 3.8) is 0 Å². The molecular formula is C13H16FNO3. The molecule has 0 atom stereocenters. The molecule has 1 saturated carbocycles. The van der Waals surface area contributed by atoms with E-state index in [0.29, 0.717) is 5.75 Å². The molecule has 1 fully saturated rings. The predicted molar refractivity (Wildman–Crippen MR) is 64.2 cm³/mol. The number of nitrogens with one attached hydrogen (secondary N) is 1. The molecule has 1 aromatic rings. The third-order valence-electron chi connectivity index (χ3n) is 3.18. The van der Waals surface area contributed by atoms with Crippen LogP contribution in [0.5, 0.6) is 5.75 Å². The van der Waals surface area contributed by atoms with Gasteiger partial charge in [-0.05, 0) is 31.0 Å². The molecule has 0 saturated heterocycles. The third-order valence-corrected chi connectivity index (χ3v) is 3.18. The van der Waals surface area contributed by atoms with Crippen molar-refractivity contribution in [2.45, 2.75) is 25.0 Å². The summed E-state index contributed by atoms with van der Waals surface area (Å²) >= 11 is 0. The van der Waals surface area contributed by atoms with E-state index in [4.69, 9.17) is 9.47 Å². The van der Waals surface area contributed by atoms with Crippen molar-refractivity contribution in [2.75, 3.05) is 14.2 Å². The first-order valence-electron chi connectivity index (χ1n) is 5.81. The third kappa shape index (κ3) is 2.61. The van der Waals surface area contributed by atoms with E-state index >= 15 is 0 Å². The summed E-state index contributed by atoms with van der Waals surface area (Å²) in [6.07, 6.45) is 1.74. The van der Waals surface area contributed by atoms with Crippen LogP contribution in [0.15, 0.2) is 18.2 Å². The molecule has 1 aromatic carbocycles. The summed E-state index contributed by atoms with van der Waals surface area (Å²) in [5.74, 6) is -0.494. The Morgan fingerprint density at radius 2 is 2.11 bits per heavy atom. The maximum Gasteiger partial charge on any atom is 0.254 e. The Hall–Kier alpha value is -1.62. The van der Waals surface area contributed by atoms with E-state index in [-0.39, 0.29) is 17.7 Å². The summed E-state index contributed by atoms with van der Waals surface area (Å²) in [7, 11) is 3.12. The number of amides is 1. The number of carbonyl (C=O) groups is 1. The van der Waals surface area contributed by atoms with Gasteiger partial charge in [0, 0.05) is 13.2 Å². The van der Waals surface area contributed by atoms with E-state index < -0.39 is 11.7 Å². The average molecular weight is 253 g/mol. The lowest BCUT2D eigenvalue weighted by Crippen LogP contribution is -2.47. The van der Waals surface area contributed by atoms with Gasteiger partial charge in [-0.2, -0.15) is 0 Å². The van der Waals surface area contributed by atoms with Crippen molar-refractivity contribution < 1.29 is 18.7 Å². The number of ether oxygens (including phenoxy) is 2. The number of carbonyl (C=O) groups excluding carboxylic acids is 1. The zero-order valence-electron chi connectivity index (χ0n) is 10.4. The minimum Gasteiger partial charge on any atom is -0.497 e. The van der Waals surface area contributed by atoms with Gasteiger partial charge in [-0.15, -0.1) is 0 Å². The molecule has 0 aromatic heterocycles. The van der Waals surface area contributed by atoms with Crippen molar-refractivity contribution in [3.05, 3.63) is 29.6 Å². The van der Waals surface area contributed by atoms with Gasteiger partial charge in [-0.1, -0.05) is 0 Å². The smallest absolute Gasteiger partial charge is 0.254 e. The minimum absolute atomic E-state index is 0.00946. The van der Waals surface area contributed by atoms with Gasteiger partial charge in [0.05, 0.1) is 18.8 Å². The average Bonchev–Trinajstić information content (AvgIpc) is 2.33. The van der Waals surface area contributed by atoms with Crippen LogP contribution in [0.1, 0.15) is 23.2 Å². The largest absolute Gasteiger partial charge is 0.497 e. The summed E-state index contributed by atoms with van der Waals surface area (Å²) < 4.78 is 23.6. The van der Waals surface area contributed by atoms with Crippen LogP contribution in [0.3, 0.4) is 0 Å². The van der Waals surface area contributed by atoms with Gasteiger partial charge < -0.3 is 14.8 Å². The molecule has 0 unspecified atom stereocenters. The molecular weight excluding hydrogens is 237 g/mol. The Kier molecular flexibility index (Phi) is 3.81. The zero-order chi connectivity index (χ0) is 13.1. The number of hydrogen-bond donors (Lipinski definition) is 1. The summed E-state index contributed by atoms with van der Waals surface area (Å²) in [4.78, 5) is 11.9. The van der Waals surface area contributed by atoms with E-state index in [1.54, 1.807) is 7.11 Å². The fraction of sp³-hybridized carbons (Fsp3) is 0.462. The molecule has 18 heavy (non-hydrogen) atoms. The van der Waals surface area contributed by atoms with Crippen LogP contribution in [-0.2, 0) is 4.74 Å². The summed E-state index contributed by atoms with van der Waals surface area (Å²) in [5, 5.41) is 2.77. The topological polar surface area (TPSA) is 47.6 Å². The normalized spacial score (nSPS) is 22.2. The number of hydrogen-bond acceptors (Lipinski definition) is 3. The predicted octanol–water partition coefficient (Wildman–Crippen LogP) is 1.74. The molecule has 0 heterocycles. The molecule has 2 rings (SSSR count). The molecule has 1 amide bonds. The van der Waals surface area contributed by atoms with Crippen molar-refractivity contribution in [3.8, 4) is 5.75 Å². The van der Waals surface area contributed by atoms with Crippen LogP contribution in [0.2, 0.25) is 0 Å². The van der Waals surface area contributed by atoms with Crippen LogP contribution in [0.25, 0.3) is 0 Å². The Morgan fingerprint density at radius 3 is 2.72 bits per heavy atom. The fourth-order valence-corrected chi connectivity index (χ4v) is 1.94. The molecule has 1 aliphatic carbocycles. The molecule has 5 heteroatoms. The lowest BCUT2D eigenvalue weighted by Gasteiger charge is -2.34. The first-order valence-corrected chi connectivity index (χ1v) is 5.81. The Morgan fingerprint density at radius 1 is 1.39 bits per heavy atom. The first-order chi connectivity index (χ1) is 8.63. The highest BCUT2D eigenvalue weighted by Gasteiger charge is 2.30. The van der Waals surface area contributed by atoms with E-state index in [9.17, 15) is 9.18 Å². The van der Waals surface area contributed by atoms with Gasteiger partial charge in [-0.25, -0.2) is 4.39 Å². The molecule has 1 N–H and O–H groups in total. The lowest BCUT2D eigenvalue weighted by molar-refractivity contribution is 0.0175. The maximum atomic E-state index is 13.5. The molecule has 0 bridgehead atoms. The van der Waals surface area contributed by atoms with E-state index in [0.717, 1.165) is 12.8 Å². The fourth-order valence-electron chi connectivity index (χ4n) is 1.94. The quantitative estimate of drug-likeness (QED) is 0.889. The monoisotopic (exact) mass is 253 g/mol. The van der Waals surface area contributed by atoms with Gasteiger partial charge >= 0.3 is 0 Å². The van der Waals surface area contributed by atoms with E-state index in [1.807, 2.05) is 0 Å². The van der Waals surface area contributed by atoms with Gasteiger partial charge in [-0.3, -0.25) is 4.79 Å². The second kappa shape index (κ2) is 5.35. The van der Waals surface area contributed by atoms with Crippen LogP contribution < -0.4 is 10.1 Å². The Bertz CT molecular complexity index is 444. The SMILES string of the molecule is COc1ccc(F)c(C(=O)NC2CC(OC)C2)c1. The van der Waals surface area contributed by atoms with Crippen LogP contribution in [0, 0.1) is 5.82 Å². The number of halogens is 1. The zero-order valence-corrected chi connectivity index (χ0v) is 10.4. The Balaban J connectivity index is 2.00. The Labute approximate surface area is 105 Å². The number of benzene rings is 1.